The van der Waals surface area contributed by atoms with E-state index >= 15 is 0 Å². The van der Waals surface area contributed by atoms with E-state index in [1.54, 1.807) is 12.2 Å². The molecule has 0 amide bonds. The van der Waals surface area contributed by atoms with Crippen LogP contribution in [-0.4, -0.2) is 15.9 Å². The number of hydrogen-bond donors (Lipinski definition) is 1. The molecule has 0 saturated heterocycles. The van der Waals surface area contributed by atoms with Crippen LogP contribution in [-0.2, 0) is 4.79 Å². The monoisotopic (exact) mass is 202 g/mol. The lowest BCUT2D eigenvalue weighted by atomic mass is 10.1. The molecular formula is C7H7BrO2. The summed E-state index contributed by atoms with van der Waals surface area (Å²) in [4.78, 5) is 10.4. The van der Waals surface area contributed by atoms with Crippen LogP contribution < -0.4 is 0 Å². The molecule has 0 fully saturated rings. The van der Waals surface area contributed by atoms with Crippen LogP contribution in [0.1, 0.15) is 6.42 Å². The molecule has 0 aliphatic heterocycles. The molecule has 0 heterocycles. The van der Waals surface area contributed by atoms with Crippen molar-refractivity contribution in [1.29, 1.82) is 0 Å². The lowest BCUT2D eigenvalue weighted by Gasteiger charge is -2.10. The summed E-state index contributed by atoms with van der Waals surface area (Å²) < 4.78 is 0. The van der Waals surface area contributed by atoms with E-state index in [1.165, 1.54) is 0 Å². The Hall–Kier alpha value is -0.570. The van der Waals surface area contributed by atoms with Gasteiger partial charge in [0.25, 0.3) is 0 Å². The highest BCUT2D eigenvalue weighted by Gasteiger charge is 2.17. The molecule has 54 valence electrons. The highest BCUT2D eigenvalue weighted by molar-refractivity contribution is 9.09. The van der Waals surface area contributed by atoms with Crippen molar-refractivity contribution in [3.63, 3.8) is 0 Å². The van der Waals surface area contributed by atoms with Crippen molar-refractivity contribution in [2.24, 2.45) is 0 Å². The van der Waals surface area contributed by atoms with Crippen LogP contribution >= 0.6 is 15.9 Å². The molecule has 10 heavy (non-hydrogen) atoms. The minimum atomic E-state index is -0.841. The van der Waals surface area contributed by atoms with Gasteiger partial charge < -0.3 is 5.11 Å². The molecule has 0 aromatic rings. The Kier molecular flexibility index (Phi) is 2.27. The first-order chi connectivity index (χ1) is 4.72. The zero-order valence-corrected chi connectivity index (χ0v) is 6.84. The van der Waals surface area contributed by atoms with Crippen molar-refractivity contribution in [2.45, 2.75) is 11.2 Å². The van der Waals surface area contributed by atoms with Crippen molar-refractivity contribution in [1.82, 2.24) is 0 Å². The maximum absolute atomic E-state index is 10.4. The first kappa shape index (κ1) is 7.54. The minimum Gasteiger partial charge on any atom is -0.478 e. The van der Waals surface area contributed by atoms with Crippen LogP contribution in [0.25, 0.3) is 0 Å². The molecule has 1 rings (SSSR count). The van der Waals surface area contributed by atoms with Gasteiger partial charge >= 0.3 is 5.97 Å². The van der Waals surface area contributed by atoms with Gasteiger partial charge in [-0.15, -0.1) is 0 Å². The molecular weight excluding hydrogens is 196 g/mol. The fraction of sp³-hybridized carbons (Fsp3) is 0.286. The normalized spacial score (nSPS) is 24.1. The molecule has 0 aromatic carbocycles. The number of rotatable bonds is 1. The summed E-state index contributed by atoms with van der Waals surface area (Å²) in [5, 5.41) is 8.58. The number of aliphatic carboxylic acids is 1. The third kappa shape index (κ3) is 1.48. The second-order valence-electron chi connectivity index (χ2n) is 2.06. The van der Waals surface area contributed by atoms with Crippen LogP contribution in [0.2, 0.25) is 0 Å². The molecule has 0 aromatic heterocycles. The van der Waals surface area contributed by atoms with E-state index in [9.17, 15) is 4.79 Å². The molecule has 3 heteroatoms. The van der Waals surface area contributed by atoms with Gasteiger partial charge in [-0.3, -0.25) is 0 Å². The lowest BCUT2D eigenvalue weighted by molar-refractivity contribution is -0.132. The highest BCUT2D eigenvalue weighted by atomic mass is 79.9. The van der Waals surface area contributed by atoms with Gasteiger partial charge in [0.2, 0.25) is 0 Å². The molecule has 1 atom stereocenters. The van der Waals surface area contributed by atoms with Crippen molar-refractivity contribution < 1.29 is 9.90 Å². The summed E-state index contributed by atoms with van der Waals surface area (Å²) in [5.74, 6) is -0.841. The van der Waals surface area contributed by atoms with E-state index in [1.807, 2.05) is 6.08 Å². The number of carboxylic acids is 1. The summed E-state index contributed by atoms with van der Waals surface area (Å²) in [6.45, 7) is 0. The average molecular weight is 203 g/mol. The second-order valence-corrected chi connectivity index (χ2v) is 3.16. The van der Waals surface area contributed by atoms with Crippen molar-refractivity contribution in [2.75, 3.05) is 0 Å². The number of halogens is 1. The predicted octanol–water partition coefficient (Wildman–Crippen LogP) is 1.72. The summed E-state index contributed by atoms with van der Waals surface area (Å²) >= 11 is 3.25. The quantitative estimate of drug-likeness (QED) is 0.658. The van der Waals surface area contributed by atoms with E-state index < -0.39 is 5.97 Å². The van der Waals surface area contributed by atoms with Gasteiger partial charge in [-0.05, 0) is 6.42 Å². The average Bonchev–Trinajstić information content (AvgIpc) is 1.88. The molecule has 0 spiro atoms. The van der Waals surface area contributed by atoms with E-state index in [0.717, 1.165) is 6.42 Å². The third-order valence-electron chi connectivity index (χ3n) is 1.34. The Labute approximate surface area is 67.4 Å². The SMILES string of the molecule is O=C(O)C1=CC=CCC1Br. The summed E-state index contributed by atoms with van der Waals surface area (Å²) in [6.07, 6.45) is 6.08. The summed E-state index contributed by atoms with van der Waals surface area (Å²) in [6, 6.07) is 0. The van der Waals surface area contributed by atoms with Gasteiger partial charge in [0.05, 0.1) is 10.4 Å². The maximum Gasteiger partial charge on any atom is 0.332 e. The van der Waals surface area contributed by atoms with Gasteiger partial charge in [-0.2, -0.15) is 0 Å². The zero-order valence-electron chi connectivity index (χ0n) is 5.25. The van der Waals surface area contributed by atoms with Crippen LogP contribution in [0.4, 0.5) is 0 Å². The summed E-state index contributed by atoms with van der Waals surface area (Å²) in [5.41, 5.74) is 0.433. The molecule has 0 saturated carbocycles. The molecule has 1 unspecified atom stereocenters. The standard InChI is InChI=1S/C7H7BrO2/c8-6-4-2-1-3-5(6)7(9)10/h1-3,6H,4H2,(H,9,10). The molecule has 0 bridgehead atoms. The fourth-order valence-corrected chi connectivity index (χ4v) is 1.37. The van der Waals surface area contributed by atoms with E-state index in [4.69, 9.17) is 5.11 Å². The van der Waals surface area contributed by atoms with E-state index in [-0.39, 0.29) is 4.83 Å². The Morgan fingerprint density at radius 2 is 2.50 bits per heavy atom. The minimum absolute atomic E-state index is 0.0185. The van der Waals surface area contributed by atoms with Crippen molar-refractivity contribution >= 4 is 21.9 Å². The number of alkyl halides is 1. The number of carboxylic acid groups (broad SMARTS) is 1. The number of carbonyl (C=O) groups is 1. The van der Waals surface area contributed by atoms with E-state index in [0.29, 0.717) is 5.57 Å². The smallest absolute Gasteiger partial charge is 0.332 e. The van der Waals surface area contributed by atoms with Gasteiger partial charge in [0.1, 0.15) is 0 Å². The predicted molar refractivity (Wildman–Crippen MR) is 42.2 cm³/mol. The first-order valence-corrected chi connectivity index (χ1v) is 3.87. The molecule has 2 nitrogen and oxygen atoms in total. The molecule has 0 radical (unpaired) electrons. The van der Waals surface area contributed by atoms with Gasteiger partial charge in [0.15, 0.2) is 0 Å². The molecule has 1 aliphatic carbocycles. The van der Waals surface area contributed by atoms with Gasteiger partial charge in [-0.25, -0.2) is 4.79 Å². The largest absolute Gasteiger partial charge is 0.478 e. The Bertz CT molecular complexity index is 206. The van der Waals surface area contributed by atoms with Gasteiger partial charge in [0, 0.05) is 0 Å². The second kappa shape index (κ2) is 3.01. The maximum atomic E-state index is 10.4. The van der Waals surface area contributed by atoms with Crippen LogP contribution in [0.3, 0.4) is 0 Å². The van der Waals surface area contributed by atoms with Crippen LogP contribution in [0, 0.1) is 0 Å². The van der Waals surface area contributed by atoms with Crippen LogP contribution in [0.5, 0.6) is 0 Å². The lowest BCUT2D eigenvalue weighted by Crippen LogP contribution is -2.12. The Balaban J connectivity index is 2.80. The number of allylic oxidation sites excluding steroid dienone is 3. The van der Waals surface area contributed by atoms with Gasteiger partial charge in [-0.1, -0.05) is 34.2 Å². The topological polar surface area (TPSA) is 37.3 Å². The van der Waals surface area contributed by atoms with Crippen LogP contribution in [0.15, 0.2) is 23.8 Å². The summed E-state index contributed by atoms with van der Waals surface area (Å²) in [7, 11) is 0. The zero-order chi connectivity index (χ0) is 7.56. The first-order valence-electron chi connectivity index (χ1n) is 2.96. The highest BCUT2D eigenvalue weighted by Crippen LogP contribution is 2.20. The fourth-order valence-electron chi connectivity index (χ4n) is 0.806. The molecule has 1 aliphatic rings. The Morgan fingerprint density at radius 3 is 2.90 bits per heavy atom. The van der Waals surface area contributed by atoms with Crippen molar-refractivity contribution in [3.05, 3.63) is 23.8 Å². The van der Waals surface area contributed by atoms with Crippen molar-refractivity contribution in [3.8, 4) is 0 Å². The Morgan fingerprint density at radius 1 is 1.80 bits per heavy atom. The number of hydrogen-bond acceptors (Lipinski definition) is 1. The molecule has 1 N–H and O–H groups in total. The third-order valence-corrected chi connectivity index (χ3v) is 2.21. The van der Waals surface area contributed by atoms with E-state index in [2.05, 4.69) is 15.9 Å².